The predicted molar refractivity (Wildman–Crippen MR) is 77.1 cm³/mol. The maximum Gasteiger partial charge on any atom is 0.326 e. The third kappa shape index (κ3) is 5.15. The van der Waals surface area contributed by atoms with E-state index in [0.29, 0.717) is 5.56 Å². The van der Waals surface area contributed by atoms with Gasteiger partial charge >= 0.3 is 5.97 Å². The first-order valence-electron chi connectivity index (χ1n) is 6.88. The summed E-state index contributed by atoms with van der Waals surface area (Å²) in [4.78, 5) is 23.2. The van der Waals surface area contributed by atoms with Crippen LogP contribution in [0.25, 0.3) is 0 Å². The van der Waals surface area contributed by atoms with Crippen molar-refractivity contribution in [3.8, 4) is 0 Å². The van der Waals surface area contributed by atoms with Gasteiger partial charge in [-0.25, -0.2) is 9.18 Å². The number of benzene rings is 1. The first-order valence-corrected chi connectivity index (χ1v) is 6.88. The molecular weight excluding hydrogens is 275 g/mol. The van der Waals surface area contributed by atoms with Crippen molar-refractivity contribution in [2.75, 3.05) is 0 Å². The lowest BCUT2D eigenvalue weighted by Crippen LogP contribution is -2.51. The summed E-state index contributed by atoms with van der Waals surface area (Å²) in [7, 11) is 0. The molecule has 1 unspecified atom stereocenters. The van der Waals surface area contributed by atoms with Crippen LogP contribution < -0.4 is 11.1 Å². The molecule has 3 atom stereocenters. The normalized spacial score (nSPS) is 15.0. The first-order chi connectivity index (χ1) is 9.85. The number of hydrogen-bond acceptors (Lipinski definition) is 3. The van der Waals surface area contributed by atoms with E-state index in [1.165, 1.54) is 18.2 Å². The van der Waals surface area contributed by atoms with Gasteiger partial charge in [0.25, 0.3) is 0 Å². The molecule has 5 nitrogen and oxygen atoms in total. The molecule has 6 heteroatoms. The summed E-state index contributed by atoms with van der Waals surface area (Å²) in [5.41, 5.74) is 6.27. The minimum Gasteiger partial charge on any atom is -0.480 e. The Hall–Kier alpha value is -1.95. The lowest BCUT2D eigenvalue weighted by Gasteiger charge is -2.21. The smallest absolute Gasteiger partial charge is 0.326 e. The fraction of sp³-hybridized carbons (Fsp3) is 0.467. The molecule has 0 spiro atoms. The van der Waals surface area contributed by atoms with E-state index >= 15 is 0 Å². The average molecular weight is 296 g/mol. The second-order valence-electron chi connectivity index (χ2n) is 5.14. The van der Waals surface area contributed by atoms with Crippen LogP contribution in [0.5, 0.6) is 0 Å². The molecule has 0 heterocycles. The molecule has 4 N–H and O–H groups in total. The third-order valence-electron chi connectivity index (χ3n) is 3.50. The maximum absolute atomic E-state index is 13.1. The van der Waals surface area contributed by atoms with E-state index in [-0.39, 0.29) is 12.3 Å². The predicted octanol–water partition coefficient (Wildman–Crippen LogP) is 1.31. The molecule has 116 valence electrons. The number of amides is 1. The highest BCUT2D eigenvalue weighted by atomic mass is 19.1. The summed E-state index contributed by atoms with van der Waals surface area (Å²) in [6, 6.07) is 3.74. The van der Waals surface area contributed by atoms with Gasteiger partial charge in [-0.15, -0.1) is 0 Å². The van der Waals surface area contributed by atoms with Crippen LogP contribution in [0.3, 0.4) is 0 Å². The number of halogens is 1. The van der Waals surface area contributed by atoms with Crippen molar-refractivity contribution in [3.05, 3.63) is 35.6 Å². The van der Waals surface area contributed by atoms with Crippen LogP contribution in [-0.4, -0.2) is 29.1 Å². The highest BCUT2D eigenvalue weighted by Crippen LogP contribution is 2.09. The van der Waals surface area contributed by atoms with Gasteiger partial charge in [0, 0.05) is 6.42 Å². The Bertz CT molecular complexity index is 507. The molecule has 1 rings (SSSR count). The van der Waals surface area contributed by atoms with Crippen molar-refractivity contribution >= 4 is 11.9 Å². The van der Waals surface area contributed by atoms with Crippen molar-refractivity contribution in [2.24, 2.45) is 11.7 Å². The quantitative estimate of drug-likeness (QED) is 0.707. The minimum atomic E-state index is -1.18. The zero-order chi connectivity index (χ0) is 16.0. The molecular formula is C15H21FN2O3. The Morgan fingerprint density at radius 1 is 1.43 bits per heavy atom. The molecule has 1 aromatic carbocycles. The van der Waals surface area contributed by atoms with E-state index in [4.69, 9.17) is 5.73 Å². The molecule has 0 aliphatic rings. The number of rotatable bonds is 7. The number of aliphatic carboxylic acids is 1. The van der Waals surface area contributed by atoms with E-state index in [1.54, 1.807) is 6.07 Å². The molecule has 1 aromatic rings. The Kier molecular flexibility index (Phi) is 6.30. The summed E-state index contributed by atoms with van der Waals surface area (Å²) in [5, 5.41) is 11.6. The van der Waals surface area contributed by atoms with Gasteiger partial charge in [0.2, 0.25) is 5.91 Å². The Labute approximate surface area is 123 Å². The number of nitrogens with two attached hydrogens (primary N) is 1. The van der Waals surface area contributed by atoms with Crippen molar-refractivity contribution in [1.29, 1.82) is 0 Å². The van der Waals surface area contributed by atoms with Crippen LogP contribution in [0, 0.1) is 11.7 Å². The Morgan fingerprint density at radius 2 is 2.10 bits per heavy atom. The number of carbonyl (C=O) groups is 2. The number of carboxylic acids is 1. The summed E-state index contributed by atoms with van der Waals surface area (Å²) >= 11 is 0. The lowest BCUT2D eigenvalue weighted by molar-refractivity contribution is -0.142. The van der Waals surface area contributed by atoms with Gasteiger partial charge in [-0.3, -0.25) is 4.79 Å². The van der Waals surface area contributed by atoms with Crippen molar-refractivity contribution in [1.82, 2.24) is 5.32 Å². The molecule has 0 aliphatic heterocycles. The van der Waals surface area contributed by atoms with Crippen LogP contribution in [0.15, 0.2) is 24.3 Å². The second kappa shape index (κ2) is 7.73. The zero-order valence-electron chi connectivity index (χ0n) is 12.2. The van der Waals surface area contributed by atoms with E-state index < -0.39 is 29.8 Å². The van der Waals surface area contributed by atoms with Crippen LogP contribution in [0.4, 0.5) is 4.39 Å². The molecule has 0 bridgehead atoms. The van der Waals surface area contributed by atoms with Gasteiger partial charge in [0.1, 0.15) is 11.9 Å². The van der Waals surface area contributed by atoms with E-state index in [0.717, 1.165) is 6.42 Å². The topological polar surface area (TPSA) is 92.4 Å². The van der Waals surface area contributed by atoms with Crippen molar-refractivity contribution in [2.45, 2.75) is 38.8 Å². The minimum absolute atomic E-state index is 0.00601. The highest BCUT2D eigenvalue weighted by molar-refractivity contribution is 5.87. The number of nitrogens with one attached hydrogen (secondary N) is 1. The molecule has 0 radical (unpaired) electrons. The summed E-state index contributed by atoms with van der Waals surface area (Å²) < 4.78 is 13.1. The molecule has 0 aliphatic carbocycles. The second-order valence-corrected chi connectivity index (χ2v) is 5.14. The third-order valence-corrected chi connectivity index (χ3v) is 3.50. The summed E-state index contributed by atoms with van der Waals surface area (Å²) in [6.07, 6.45) is 0.724. The molecule has 0 fully saturated rings. The molecule has 0 saturated carbocycles. The highest BCUT2D eigenvalue weighted by Gasteiger charge is 2.26. The van der Waals surface area contributed by atoms with Gasteiger partial charge in [0.15, 0.2) is 0 Å². The lowest BCUT2D eigenvalue weighted by atomic mass is 9.98. The van der Waals surface area contributed by atoms with Crippen LogP contribution >= 0.6 is 0 Å². The first kappa shape index (κ1) is 17.1. The van der Waals surface area contributed by atoms with Crippen LogP contribution in [0.2, 0.25) is 0 Å². The van der Waals surface area contributed by atoms with Crippen molar-refractivity contribution in [3.63, 3.8) is 0 Å². The summed E-state index contributed by atoms with van der Waals surface area (Å²) in [6.45, 7) is 3.73. The fourth-order valence-electron chi connectivity index (χ4n) is 1.88. The van der Waals surface area contributed by atoms with Gasteiger partial charge in [0.05, 0.1) is 6.04 Å². The van der Waals surface area contributed by atoms with Gasteiger partial charge in [-0.05, 0) is 23.6 Å². The number of hydrogen-bond donors (Lipinski definition) is 3. The number of carbonyl (C=O) groups excluding carboxylic acids is 1. The zero-order valence-corrected chi connectivity index (χ0v) is 12.2. The van der Waals surface area contributed by atoms with E-state index in [1.807, 2.05) is 13.8 Å². The monoisotopic (exact) mass is 296 g/mol. The Morgan fingerprint density at radius 3 is 2.62 bits per heavy atom. The molecule has 0 aromatic heterocycles. The molecule has 0 saturated heterocycles. The van der Waals surface area contributed by atoms with Gasteiger partial charge < -0.3 is 16.2 Å². The molecule has 1 amide bonds. The van der Waals surface area contributed by atoms with E-state index in [2.05, 4.69) is 5.32 Å². The molecule has 21 heavy (non-hydrogen) atoms. The number of carboxylic acid groups (broad SMARTS) is 1. The summed E-state index contributed by atoms with van der Waals surface area (Å²) in [5.74, 6) is -2.18. The SMILES string of the molecule is CC[C@H](C)[C@H](N)C(=O)NC(Cc1cccc(F)c1)C(=O)O. The fourth-order valence-corrected chi connectivity index (χ4v) is 1.88. The largest absolute Gasteiger partial charge is 0.480 e. The van der Waals surface area contributed by atoms with Crippen molar-refractivity contribution < 1.29 is 19.1 Å². The van der Waals surface area contributed by atoms with Crippen LogP contribution in [0.1, 0.15) is 25.8 Å². The Balaban J connectivity index is 2.74. The standard InChI is InChI=1S/C15H21FN2O3/c1-3-9(2)13(17)14(19)18-12(15(20)21)8-10-5-4-6-11(16)7-10/h4-7,9,12-13H,3,8,17H2,1-2H3,(H,18,19)(H,20,21)/t9-,12?,13-/m0/s1. The van der Waals surface area contributed by atoms with Gasteiger partial charge in [-0.1, -0.05) is 32.4 Å². The maximum atomic E-state index is 13.1. The average Bonchev–Trinajstić information content (AvgIpc) is 2.44. The van der Waals surface area contributed by atoms with E-state index in [9.17, 15) is 19.1 Å². The van der Waals surface area contributed by atoms with Gasteiger partial charge in [-0.2, -0.15) is 0 Å². The van der Waals surface area contributed by atoms with Crippen LogP contribution in [-0.2, 0) is 16.0 Å².